The monoisotopic (exact) mass is 324 g/mol. The number of rotatable bonds is 3. The van der Waals surface area contributed by atoms with Crippen molar-refractivity contribution in [3.63, 3.8) is 0 Å². The van der Waals surface area contributed by atoms with E-state index >= 15 is 0 Å². The zero-order valence-corrected chi connectivity index (χ0v) is 13.1. The van der Waals surface area contributed by atoms with Crippen LogP contribution in [0.3, 0.4) is 0 Å². The maximum absolute atomic E-state index is 12.2. The molecule has 23 heavy (non-hydrogen) atoms. The Bertz CT molecular complexity index is 835. The van der Waals surface area contributed by atoms with Crippen molar-refractivity contribution in [2.45, 2.75) is 6.92 Å². The van der Waals surface area contributed by atoms with Crippen LogP contribution in [0.1, 0.15) is 16.1 Å². The summed E-state index contributed by atoms with van der Waals surface area (Å²) in [6.45, 7) is 1.85. The molecule has 5 nitrogen and oxygen atoms in total. The molecule has 0 spiro atoms. The van der Waals surface area contributed by atoms with Crippen LogP contribution >= 0.6 is 11.6 Å². The number of pyridine rings is 1. The SMILES string of the molecule is Cc1cc(-c2cccnc2)nc(NC(=O)c2ccc(Cl)cc2)n1. The van der Waals surface area contributed by atoms with E-state index in [4.69, 9.17) is 11.6 Å². The molecule has 1 amide bonds. The maximum atomic E-state index is 12.2. The Morgan fingerprint density at radius 3 is 2.61 bits per heavy atom. The molecule has 0 saturated carbocycles. The maximum Gasteiger partial charge on any atom is 0.258 e. The summed E-state index contributed by atoms with van der Waals surface area (Å²) in [5, 5.41) is 3.28. The fourth-order valence-electron chi connectivity index (χ4n) is 2.06. The number of amides is 1. The predicted molar refractivity (Wildman–Crippen MR) is 89.4 cm³/mol. The summed E-state index contributed by atoms with van der Waals surface area (Å²) < 4.78 is 0. The number of aromatic nitrogens is 3. The van der Waals surface area contributed by atoms with Gasteiger partial charge in [0.15, 0.2) is 0 Å². The second-order valence-corrected chi connectivity index (χ2v) is 5.36. The van der Waals surface area contributed by atoms with Crippen LogP contribution in [0.25, 0.3) is 11.3 Å². The van der Waals surface area contributed by atoms with Crippen molar-refractivity contribution in [3.05, 3.63) is 71.1 Å². The summed E-state index contributed by atoms with van der Waals surface area (Å²) in [7, 11) is 0. The van der Waals surface area contributed by atoms with Gasteiger partial charge in [-0.25, -0.2) is 9.97 Å². The van der Waals surface area contributed by atoms with E-state index in [0.29, 0.717) is 16.3 Å². The van der Waals surface area contributed by atoms with Crippen molar-refractivity contribution in [3.8, 4) is 11.3 Å². The minimum absolute atomic E-state index is 0.254. The van der Waals surface area contributed by atoms with Crippen LogP contribution in [0.4, 0.5) is 5.95 Å². The quantitative estimate of drug-likeness (QED) is 0.796. The summed E-state index contributed by atoms with van der Waals surface area (Å²) in [6, 6.07) is 12.2. The van der Waals surface area contributed by atoms with Gasteiger partial charge in [0.2, 0.25) is 5.95 Å². The highest BCUT2D eigenvalue weighted by atomic mass is 35.5. The van der Waals surface area contributed by atoms with E-state index in [0.717, 1.165) is 11.3 Å². The first kappa shape index (κ1) is 15.1. The third-order valence-electron chi connectivity index (χ3n) is 3.14. The van der Waals surface area contributed by atoms with Crippen molar-refractivity contribution < 1.29 is 4.79 Å². The Labute approximate surface area is 138 Å². The average molecular weight is 325 g/mol. The summed E-state index contributed by atoms with van der Waals surface area (Å²) in [6.07, 6.45) is 3.41. The van der Waals surface area contributed by atoms with Gasteiger partial charge in [-0.15, -0.1) is 0 Å². The Morgan fingerprint density at radius 2 is 1.91 bits per heavy atom. The van der Waals surface area contributed by atoms with Crippen molar-refractivity contribution in [2.75, 3.05) is 5.32 Å². The molecule has 6 heteroatoms. The van der Waals surface area contributed by atoms with Crippen LogP contribution in [-0.2, 0) is 0 Å². The van der Waals surface area contributed by atoms with Gasteiger partial charge in [-0.05, 0) is 49.4 Å². The highest BCUT2D eigenvalue weighted by molar-refractivity contribution is 6.30. The van der Waals surface area contributed by atoms with E-state index in [1.165, 1.54) is 0 Å². The number of halogens is 1. The fraction of sp³-hybridized carbons (Fsp3) is 0.0588. The summed E-state index contributed by atoms with van der Waals surface area (Å²) in [5.41, 5.74) is 2.81. The lowest BCUT2D eigenvalue weighted by atomic mass is 10.2. The molecule has 2 aromatic heterocycles. The van der Waals surface area contributed by atoms with Gasteiger partial charge in [-0.1, -0.05) is 11.6 Å². The largest absolute Gasteiger partial charge is 0.290 e. The van der Waals surface area contributed by atoms with Crippen LogP contribution < -0.4 is 5.32 Å². The fourth-order valence-corrected chi connectivity index (χ4v) is 2.19. The number of anilines is 1. The van der Waals surface area contributed by atoms with Gasteiger partial charge in [0.25, 0.3) is 5.91 Å². The van der Waals surface area contributed by atoms with Crippen molar-refractivity contribution >= 4 is 23.5 Å². The average Bonchev–Trinajstić information content (AvgIpc) is 2.55. The van der Waals surface area contributed by atoms with Crippen molar-refractivity contribution in [1.82, 2.24) is 15.0 Å². The van der Waals surface area contributed by atoms with Gasteiger partial charge in [-0.2, -0.15) is 0 Å². The Balaban J connectivity index is 1.87. The summed E-state index contributed by atoms with van der Waals surface area (Å²) in [5.74, 6) is -0.0341. The summed E-state index contributed by atoms with van der Waals surface area (Å²) >= 11 is 5.82. The smallest absolute Gasteiger partial charge is 0.258 e. The lowest BCUT2D eigenvalue weighted by Crippen LogP contribution is -2.14. The molecule has 0 aliphatic carbocycles. The topological polar surface area (TPSA) is 67.8 Å². The zero-order valence-electron chi connectivity index (χ0n) is 12.3. The first-order valence-corrected chi connectivity index (χ1v) is 7.32. The van der Waals surface area contributed by atoms with E-state index < -0.39 is 0 Å². The lowest BCUT2D eigenvalue weighted by molar-refractivity contribution is 0.102. The minimum Gasteiger partial charge on any atom is -0.290 e. The van der Waals surface area contributed by atoms with E-state index in [-0.39, 0.29) is 11.9 Å². The molecule has 3 aromatic rings. The van der Waals surface area contributed by atoms with E-state index in [9.17, 15) is 4.79 Å². The lowest BCUT2D eigenvalue weighted by Gasteiger charge is -2.07. The van der Waals surface area contributed by atoms with E-state index in [1.807, 2.05) is 25.1 Å². The van der Waals surface area contributed by atoms with Gasteiger partial charge in [-0.3, -0.25) is 15.1 Å². The third-order valence-corrected chi connectivity index (χ3v) is 3.40. The Hall–Kier alpha value is -2.79. The number of aryl methyl sites for hydroxylation is 1. The molecular weight excluding hydrogens is 312 g/mol. The number of nitrogens with one attached hydrogen (secondary N) is 1. The molecule has 0 aliphatic heterocycles. The molecule has 114 valence electrons. The summed E-state index contributed by atoms with van der Waals surface area (Å²) in [4.78, 5) is 24.9. The van der Waals surface area contributed by atoms with Gasteiger partial charge in [0, 0.05) is 34.2 Å². The molecule has 0 atom stereocenters. The molecule has 0 saturated heterocycles. The van der Waals surface area contributed by atoms with Gasteiger partial charge < -0.3 is 0 Å². The standard InChI is InChI=1S/C17H13ClN4O/c1-11-9-15(13-3-2-8-19-10-13)21-17(20-11)22-16(23)12-4-6-14(18)7-5-12/h2-10H,1H3,(H,20,21,22,23). The minimum atomic E-state index is -0.288. The highest BCUT2D eigenvalue weighted by Crippen LogP contribution is 2.18. The van der Waals surface area contributed by atoms with Crippen LogP contribution in [0.5, 0.6) is 0 Å². The van der Waals surface area contributed by atoms with Crippen molar-refractivity contribution in [2.24, 2.45) is 0 Å². The Morgan fingerprint density at radius 1 is 1.13 bits per heavy atom. The first-order chi connectivity index (χ1) is 11.1. The molecule has 1 aromatic carbocycles. The molecule has 0 unspecified atom stereocenters. The van der Waals surface area contributed by atoms with Crippen LogP contribution in [-0.4, -0.2) is 20.9 Å². The van der Waals surface area contributed by atoms with Crippen molar-refractivity contribution in [1.29, 1.82) is 0 Å². The van der Waals surface area contributed by atoms with Gasteiger partial charge >= 0.3 is 0 Å². The number of nitrogens with zero attached hydrogens (tertiary/aromatic N) is 3. The molecule has 0 fully saturated rings. The van der Waals surface area contributed by atoms with Gasteiger partial charge in [0.05, 0.1) is 5.69 Å². The number of benzene rings is 1. The molecule has 3 rings (SSSR count). The number of carbonyl (C=O) groups is 1. The van der Waals surface area contributed by atoms with Crippen LogP contribution in [0.2, 0.25) is 5.02 Å². The number of hydrogen-bond acceptors (Lipinski definition) is 4. The molecular formula is C17H13ClN4O. The number of carbonyl (C=O) groups excluding carboxylic acids is 1. The van der Waals surface area contributed by atoms with Crippen LogP contribution in [0, 0.1) is 6.92 Å². The van der Waals surface area contributed by atoms with E-state index in [2.05, 4.69) is 20.3 Å². The molecule has 1 N–H and O–H groups in total. The molecule has 0 bridgehead atoms. The third kappa shape index (κ3) is 3.70. The molecule has 0 aliphatic rings. The second-order valence-electron chi connectivity index (χ2n) is 4.92. The van der Waals surface area contributed by atoms with E-state index in [1.54, 1.807) is 36.7 Å². The van der Waals surface area contributed by atoms with Crippen LogP contribution in [0.15, 0.2) is 54.9 Å². The molecule has 2 heterocycles. The number of hydrogen-bond donors (Lipinski definition) is 1. The highest BCUT2D eigenvalue weighted by Gasteiger charge is 2.10. The second kappa shape index (κ2) is 6.54. The molecule has 0 radical (unpaired) electrons. The van der Waals surface area contributed by atoms with Gasteiger partial charge in [0.1, 0.15) is 0 Å². The normalized spacial score (nSPS) is 10.3. The first-order valence-electron chi connectivity index (χ1n) is 6.95. The Kier molecular flexibility index (Phi) is 4.30. The zero-order chi connectivity index (χ0) is 16.2. The predicted octanol–water partition coefficient (Wildman–Crippen LogP) is 3.75.